The number of hydrogen-bond donors (Lipinski definition) is 2. The molecule has 2 nitrogen and oxygen atoms in total. The summed E-state index contributed by atoms with van der Waals surface area (Å²) in [5, 5.41) is 9.80. The van der Waals surface area contributed by atoms with Crippen LogP contribution in [0, 0.1) is 5.92 Å². The van der Waals surface area contributed by atoms with Crippen LogP contribution >= 0.6 is 0 Å². The van der Waals surface area contributed by atoms with Crippen LogP contribution in [0.1, 0.15) is 38.5 Å². The quantitative estimate of drug-likeness (QED) is 0.594. The number of hydrogen-bond acceptors (Lipinski definition) is 2. The van der Waals surface area contributed by atoms with Crippen LogP contribution in [-0.4, -0.2) is 16.7 Å². The highest BCUT2D eigenvalue weighted by Gasteiger charge is 2.47. The van der Waals surface area contributed by atoms with E-state index in [9.17, 15) is 5.11 Å². The standard InChI is InChI=1S/C9H17NO/c10-8-3-1-7(2-4-8)9(11)5-6-9/h7-8,11H,1-6,10H2. The monoisotopic (exact) mass is 155 g/mol. The molecule has 2 saturated carbocycles. The SMILES string of the molecule is NC1CCC(C2(O)CC2)CC1. The normalized spacial score (nSPS) is 42.0. The third kappa shape index (κ3) is 1.42. The Kier molecular flexibility index (Phi) is 1.69. The van der Waals surface area contributed by atoms with E-state index in [1.807, 2.05) is 0 Å². The molecule has 0 aromatic heterocycles. The van der Waals surface area contributed by atoms with Gasteiger partial charge in [-0.25, -0.2) is 0 Å². The molecular formula is C9H17NO. The molecule has 0 aromatic rings. The van der Waals surface area contributed by atoms with E-state index in [2.05, 4.69) is 0 Å². The second kappa shape index (κ2) is 2.46. The van der Waals surface area contributed by atoms with E-state index < -0.39 is 0 Å². The van der Waals surface area contributed by atoms with Gasteiger partial charge in [0.1, 0.15) is 0 Å². The summed E-state index contributed by atoms with van der Waals surface area (Å²) in [5.74, 6) is 0.572. The predicted octanol–water partition coefficient (Wildman–Crippen LogP) is 1.03. The summed E-state index contributed by atoms with van der Waals surface area (Å²) >= 11 is 0. The summed E-state index contributed by atoms with van der Waals surface area (Å²) in [4.78, 5) is 0. The zero-order valence-corrected chi connectivity index (χ0v) is 6.92. The Hall–Kier alpha value is -0.0800. The van der Waals surface area contributed by atoms with Crippen LogP contribution in [-0.2, 0) is 0 Å². The van der Waals surface area contributed by atoms with Crippen molar-refractivity contribution < 1.29 is 5.11 Å². The van der Waals surface area contributed by atoms with Gasteiger partial charge in [-0.15, -0.1) is 0 Å². The van der Waals surface area contributed by atoms with Crippen LogP contribution in [0.25, 0.3) is 0 Å². The van der Waals surface area contributed by atoms with Gasteiger partial charge in [0.2, 0.25) is 0 Å². The van der Waals surface area contributed by atoms with Gasteiger partial charge in [-0.1, -0.05) is 0 Å². The first-order chi connectivity index (χ1) is 5.21. The van der Waals surface area contributed by atoms with Crippen molar-refractivity contribution in [3.05, 3.63) is 0 Å². The second-order valence-electron chi connectivity index (χ2n) is 4.22. The van der Waals surface area contributed by atoms with E-state index in [0.29, 0.717) is 12.0 Å². The molecule has 0 saturated heterocycles. The van der Waals surface area contributed by atoms with Crippen molar-refractivity contribution in [1.82, 2.24) is 0 Å². The third-order valence-electron chi connectivity index (χ3n) is 3.29. The lowest BCUT2D eigenvalue weighted by atomic mass is 9.82. The van der Waals surface area contributed by atoms with Gasteiger partial charge in [-0.2, -0.15) is 0 Å². The molecule has 0 unspecified atom stereocenters. The Morgan fingerprint density at radius 2 is 1.64 bits per heavy atom. The first-order valence-corrected chi connectivity index (χ1v) is 4.69. The summed E-state index contributed by atoms with van der Waals surface area (Å²) in [6, 6.07) is 0.411. The van der Waals surface area contributed by atoms with Crippen LogP contribution in [0.15, 0.2) is 0 Å². The molecule has 0 aromatic carbocycles. The number of nitrogens with two attached hydrogens (primary N) is 1. The lowest BCUT2D eigenvalue weighted by molar-refractivity contribution is 0.0578. The minimum atomic E-state index is -0.250. The molecule has 2 heteroatoms. The van der Waals surface area contributed by atoms with E-state index in [-0.39, 0.29) is 5.60 Å². The van der Waals surface area contributed by atoms with Crippen molar-refractivity contribution in [2.45, 2.75) is 50.2 Å². The summed E-state index contributed by atoms with van der Waals surface area (Å²) in [6.45, 7) is 0. The van der Waals surface area contributed by atoms with Crippen LogP contribution in [0.2, 0.25) is 0 Å². The maximum atomic E-state index is 9.80. The van der Waals surface area contributed by atoms with Crippen LogP contribution < -0.4 is 5.73 Å². The molecule has 0 spiro atoms. The van der Waals surface area contributed by atoms with Crippen molar-refractivity contribution in [3.8, 4) is 0 Å². The fourth-order valence-electron chi connectivity index (χ4n) is 2.19. The molecule has 64 valence electrons. The van der Waals surface area contributed by atoms with Gasteiger partial charge >= 0.3 is 0 Å². The predicted molar refractivity (Wildman–Crippen MR) is 44.1 cm³/mol. The first-order valence-electron chi connectivity index (χ1n) is 4.69. The Morgan fingerprint density at radius 1 is 1.09 bits per heavy atom. The maximum Gasteiger partial charge on any atom is 0.0678 e. The molecular weight excluding hydrogens is 138 g/mol. The summed E-state index contributed by atoms with van der Waals surface area (Å²) < 4.78 is 0. The van der Waals surface area contributed by atoms with Crippen molar-refractivity contribution in [1.29, 1.82) is 0 Å². The van der Waals surface area contributed by atoms with E-state index in [4.69, 9.17) is 5.73 Å². The minimum Gasteiger partial charge on any atom is -0.390 e. The molecule has 11 heavy (non-hydrogen) atoms. The molecule has 0 heterocycles. The highest BCUT2D eigenvalue weighted by molar-refractivity contribution is 5.00. The molecule has 0 radical (unpaired) electrons. The number of rotatable bonds is 1. The van der Waals surface area contributed by atoms with Gasteiger partial charge in [-0.05, 0) is 44.4 Å². The van der Waals surface area contributed by atoms with E-state index in [1.165, 1.54) is 0 Å². The molecule has 0 atom stereocenters. The fraction of sp³-hybridized carbons (Fsp3) is 1.00. The molecule has 3 N–H and O–H groups in total. The zero-order valence-electron chi connectivity index (χ0n) is 6.92. The van der Waals surface area contributed by atoms with Gasteiger partial charge < -0.3 is 10.8 Å². The van der Waals surface area contributed by atoms with Crippen molar-refractivity contribution in [2.24, 2.45) is 11.7 Å². The molecule has 2 rings (SSSR count). The lowest BCUT2D eigenvalue weighted by Crippen LogP contribution is -2.32. The van der Waals surface area contributed by atoms with Crippen molar-refractivity contribution >= 4 is 0 Å². The lowest BCUT2D eigenvalue weighted by Gasteiger charge is -2.29. The molecule has 0 amide bonds. The Bertz CT molecular complexity index is 146. The summed E-state index contributed by atoms with van der Waals surface area (Å²) in [7, 11) is 0. The molecule has 2 fully saturated rings. The highest BCUT2D eigenvalue weighted by atomic mass is 16.3. The average Bonchev–Trinajstić information content (AvgIpc) is 2.70. The van der Waals surface area contributed by atoms with Crippen LogP contribution in [0.4, 0.5) is 0 Å². The maximum absolute atomic E-state index is 9.80. The zero-order chi connectivity index (χ0) is 7.90. The van der Waals surface area contributed by atoms with Crippen molar-refractivity contribution in [2.75, 3.05) is 0 Å². The topological polar surface area (TPSA) is 46.2 Å². The van der Waals surface area contributed by atoms with Gasteiger partial charge in [-0.3, -0.25) is 0 Å². The molecule has 0 aliphatic heterocycles. The fourth-order valence-corrected chi connectivity index (χ4v) is 2.19. The summed E-state index contributed by atoms with van der Waals surface area (Å²) in [5.41, 5.74) is 5.53. The van der Waals surface area contributed by atoms with Crippen LogP contribution in [0.5, 0.6) is 0 Å². The Balaban J connectivity index is 1.87. The first kappa shape index (κ1) is 7.56. The van der Waals surface area contributed by atoms with Gasteiger partial charge in [0.25, 0.3) is 0 Å². The minimum absolute atomic E-state index is 0.250. The third-order valence-corrected chi connectivity index (χ3v) is 3.29. The van der Waals surface area contributed by atoms with Gasteiger partial charge in [0.05, 0.1) is 5.60 Å². The molecule has 2 aliphatic rings. The molecule has 2 aliphatic carbocycles. The van der Waals surface area contributed by atoms with Gasteiger partial charge in [0.15, 0.2) is 0 Å². The second-order valence-corrected chi connectivity index (χ2v) is 4.22. The Morgan fingerprint density at radius 3 is 2.09 bits per heavy atom. The highest BCUT2D eigenvalue weighted by Crippen LogP contribution is 2.47. The van der Waals surface area contributed by atoms with Crippen LogP contribution in [0.3, 0.4) is 0 Å². The molecule has 0 bridgehead atoms. The van der Waals surface area contributed by atoms with E-state index in [0.717, 1.165) is 38.5 Å². The average molecular weight is 155 g/mol. The van der Waals surface area contributed by atoms with Crippen molar-refractivity contribution in [3.63, 3.8) is 0 Å². The van der Waals surface area contributed by atoms with E-state index in [1.54, 1.807) is 0 Å². The largest absolute Gasteiger partial charge is 0.390 e. The number of aliphatic hydroxyl groups is 1. The smallest absolute Gasteiger partial charge is 0.0678 e. The summed E-state index contributed by atoms with van der Waals surface area (Å²) in [6.07, 6.45) is 6.61. The van der Waals surface area contributed by atoms with E-state index >= 15 is 0 Å². The Labute approximate surface area is 67.8 Å². The van der Waals surface area contributed by atoms with Gasteiger partial charge in [0, 0.05) is 6.04 Å².